The molecule has 146 valence electrons. The fourth-order valence-corrected chi connectivity index (χ4v) is 3.67. The number of anilines is 1. The summed E-state index contributed by atoms with van der Waals surface area (Å²) in [6.07, 6.45) is 0.459. The number of rotatable bonds is 8. The molecule has 27 heavy (non-hydrogen) atoms. The van der Waals surface area contributed by atoms with Gasteiger partial charge in [-0.3, -0.25) is 0 Å². The molecule has 2 aromatic carbocycles. The van der Waals surface area contributed by atoms with Crippen molar-refractivity contribution in [3.8, 4) is 0 Å². The molecular formula is C22H30FN2O2+. The van der Waals surface area contributed by atoms with Gasteiger partial charge in [0, 0.05) is 5.69 Å². The van der Waals surface area contributed by atoms with Gasteiger partial charge in [0.25, 0.3) is 0 Å². The molecule has 1 aliphatic rings. The summed E-state index contributed by atoms with van der Waals surface area (Å²) in [5.74, 6) is -0.202. The minimum Gasteiger partial charge on any atom is -0.385 e. The molecule has 1 fully saturated rings. The number of ether oxygens (including phenoxy) is 1. The highest BCUT2D eigenvalue weighted by Gasteiger charge is 2.23. The van der Waals surface area contributed by atoms with E-state index in [1.165, 1.54) is 17.0 Å². The number of nitrogens with one attached hydrogen (secondary N) is 1. The van der Waals surface area contributed by atoms with E-state index in [1.54, 1.807) is 0 Å². The number of aliphatic hydroxyl groups is 1. The lowest BCUT2D eigenvalue weighted by molar-refractivity contribution is -0.903. The summed E-state index contributed by atoms with van der Waals surface area (Å²) in [5, 5.41) is 10.4. The Bertz CT molecular complexity index is 672. The van der Waals surface area contributed by atoms with E-state index < -0.39 is 6.10 Å². The molecule has 0 spiro atoms. The average Bonchev–Trinajstić information content (AvgIpc) is 2.70. The van der Waals surface area contributed by atoms with Crippen LogP contribution in [0, 0.1) is 5.82 Å². The number of aliphatic hydroxyl groups excluding tert-OH is 1. The molecule has 1 aliphatic heterocycles. The van der Waals surface area contributed by atoms with E-state index in [2.05, 4.69) is 24.0 Å². The minimum absolute atomic E-state index is 0.0335. The largest absolute Gasteiger partial charge is 0.385 e. The first-order valence-corrected chi connectivity index (χ1v) is 9.84. The van der Waals surface area contributed by atoms with Crippen LogP contribution in [-0.4, -0.2) is 50.5 Å². The number of piperazine rings is 1. The molecule has 0 saturated carbocycles. The Morgan fingerprint density at radius 2 is 1.74 bits per heavy atom. The molecule has 0 amide bonds. The van der Waals surface area contributed by atoms with Crippen molar-refractivity contribution in [2.45, 2.75) is 25.6 Å². The van der Waals surface area contributed by atoms with Crippen molar-refractivity contribution >= 4 is 5.69 Å². The van der Waals surface area contributed by atoms with Gasteiger partial charge < -0.3 is 19.6 Å². The predicted molar refractivity (Wildman–Crippen MR) is 106 cm³/mol. The van der Waals surface area contributed by atoms with Crippen LogP contribution in [0.15, 0.2) is 54.6 Å². The summed E-state index contributed by atoms with van der Waals surface area (Å²) < 4.78 is 19.0. The number of nitrogens with zero attached hydrogens (tertiary/aromatic N) is 1. The van der Waals surface area contributed by atoms with Crippen molar-refractivity contribution in [2.24, 2.45) is 0 Å². The summed E-state index contributed by atoms with van der Waals surface area (Å²) in [6, 6.07) is 16.8. The van der Waals surface area contributed by atoms with Crippen molar-refractivity contribution < 1.29 is 19.1 Å². The number of quaternary nitrogens is 1. The maximum absolute atomic E-state index is 13.1. The topological polar surface area (TPSA) is 37.1 Å². The SMILES string of the molecule is CC[C@H](OC[C@H](O)C[NH+]1CCN(c2ccc(F)cc2)CC1)c1ccccc1. The standard InChI is InChI=1S/C22H29FN2O2/c1-2-22(18-6-4-3-5-7-18)27-17-21(26)16-24-12-14-25(15-13-24)20-10-8-19(23)9-11-20/h3-11,21-22,26H,2,12-17H2,1H3/p+1/t21-,22+/m1/s1. The number of hydrogen-bond donors (Lipinski definition) is 2. The second-order valence-corrected chi connectivity index (χ2v) is 7.21. The van der Waals surface area contributed by atoms with Crippen LogP contribution in [0.5, 0.6) is 0 Å². The molecule has 1 heterocycles. The third kappa shape index (κ3) is 5.76. The van der Waals surface area contributed by atoms with E-state index in [4.69, 9.17) is 4.74 Å². The van der Waals surface area contributed by atoms with Crippen LogP contribution in [0.2, 0.25) is 0 Å². The predicted octanol–water partition coefficient (Wildman–Crippen LogP) is 2.06. The molecule has 0 aliphatic carbocycles. The van der Waals surface area contributed by atoms with Gasteiger partial charge in [-0.15, -0.1) is 0 Å². The zero-order chi connectivity index (χ0) is 19.1. The Morgan fingerprint density at radius 3 is 2.37 bits per heavy atom. The van der Waals surface area contributed by atoms with Crippen molar-refractivity contribution in [1.82, 2.24) is 0 Å². The maximum atomic E-state index is 13.1. The fraction of sp³-hybridized carbons (Fsp3) is 0.455. The highest BCUT2D eigenvalue weighted by molar-refractivity contribution is 5.46. The molecule has 0 aromatic heterocycles. The highest BCUT2D eigenvalue weighted by atomic mass is 19.1. The van der Waals surface area contributed by atoms with E-state index >= 15 is 0 Å². The van der Waals surface area contributed by atoms with Crippen LogP contribution in [0.4, 0.5) is 10.1 Å². The molecule has 0 radical (unpaired) electrons. The Kier molecular flexibility index (Phi) is 7.21. The van der Waals surface area contributed by atoms with E-state index in [0.29, 0.717) is 13.2 Å². The summed E-state index contributed by atoms with van der Waals surface area (Å²) in [5.41, 5.74) is 2.22. The monoisotopic (exact) mass is 373 g/mol. The van der Waals surface area contributed by atoms with Crippen LogP contribution in [0.3, 0.4) is 0 Å². The van der Waals surface area contributed by atoms with Gasteiger partial charge in [-0.1, -0.05) is 37.3 Å². The summed E-state index contributed by atoms with van der Waals surface area (Å²) in [6.45, 7) is 6.91. The average molecular weight is 373 g/mol. The quantitative estimate of drug-likeness (QED) is 0.744. The summed E-state index contributed by atoms with van der Waals surface area (Å²) in [7, 11) is 0. The van der Waals surface area contributed by atoms with Crippen molar-refractivity contribution in [1.29, 1.82) is 0 Å². The van der Waals surface area contributed by atoms with Crippen molar-refractivity contribution in [3.63, 3.8) is 0 Å². The lowest BCUT2D eigenvalue weighted by Crippen LogP contribution is -3.16. The zero-order valence-electron chi connectivity index (χ0n) is 16.0. The Balaban J connectivity index is 1.41. The lowest BCUT2D eigenvalue weighted by Gasteiger charge is -2.34. The van der Waals surface area contributed by atoms with Crippen LogP contribution in [0.1, 0.15) is 25.0 Å². The van der Waals surface area contributed by atoms with Gasteiger partial charge >= 0.3 is 0 Å². The molecule has 0 unspecified atom stereocenters. The molecular weight excluding hydrogens is 343 g/mol. The summed E-state index contributed by atoms with van der Waals surface area (Å²) in [4.78, 5) is 3.66. The van der Waals surface area contributed by atoms with Gasteiger partial charge in [0.1, 0.15) is 18.5 Å². The van der Waals surface area contributed by atoms with Crippen molar-refractivity contribution in [2.75, 3.05) is 44.2 Å². The Morgan fingerprint density at radius 1 is 1.07 bits per heavy atom. The second kappa shape index (κ2) is 9.83. The molecule has 2 N–H and O–H groups in total. The Labute approximate surface area is 161 Å². The van der Waals surface area contributed by atoms with Gasteiger partial charge in [0.15, 0.2) is 0 Å². The van der Waals surface area contributed by atoms with Gasteiger partial charge in [-0.2, -0.15) is 0 Å². The van der Waals surface area contributed by atoms with Gasteiger partial charge in [-0.05, 0) is 36.2 Å². The molecule has 5 heteroatoms. The van der Waals surface area contributed by atoms with Gasteiger partial charge in [-0.25, -0.2) is 4.39 Å². The molecule has 2 atom stereocenters. The van der Waals surface area contributed by atoms with Crippen LogP contribution >= 0.6 is 0 Å². The van der Waals surface area contributed by atoms with Crippen LogP contribution < -0.4 is 9.80 Å². The Hall–Kier alpha value is -1.95. The smallest absolute Gasteiger partial charge is 0.126 e. The number of benzene rings is 2. The first-order valence-electron chi connectivity index (χ1n) is 9.84. The van der Waals surface area contributed by atoms with Gasteiger partial charge in [0.05, 0.1) is 38.9 Å². The minimum atomic E-state index is -0.463. The number of halogens is 1. The highest BCUT2D eigenvalue weighted by Crippen LogP contribution is 2.20. The maximum Gasteiger partial charge on any atom is 0.126 e. The molecule has 2 aromatic rings. The number of hydrogen-bond acceptors (Lipinski definition) is 3. The normalized spacial score (nSPS) is 17.7. The van der Waals surface area contributed by atoms with Crippen LogP contribution in [0.25, 0.3) is 0 Å². The summed E-state index contributed by atoms with van der Waals surface area (Å²) >= 11 is 0. The molecule has 0 bridgehead atoms. The molecule has 1 saturated heterocycles. The first kappa shape index (κ1) is 19.8. The third-order valence-corrected chi connectivity index (χ3v) is 5.22. The van der Waals surface area contributed by atoms with E-state index in [-0.39, 0.29) is 11.9 Å². The molecule has 3 rings (SSSR count). The first-order chi connectivity index (χ1) is 13.2. The van der Waals surface area contributed by atoms with E-state index in [9.17, 15) is 9.50 Å². The van der Waals surface area contributed by atoms with E-state index in [0.717, 1.165) is 43.9 Å². The van der Waals surface area contributed by atoms with Crippen LogP contribution in [-0.2, 0) is 4.74 Å². The third-order valence-electron chi connectivity index (χ3n) is 5.22. The molecule has 4 nitrogen and oxygen atoms in total. The van der Waals surface area contributed by atoms with Gasteiger partial charge in [0.2, 0.25) is 0 Å². The van der Waals surface area contributed by atoms with Crippen molar-refractivity contribution in [3.05, 3.63) is 66.0 Å². The zero-order valence-corrected chi connectivity index (χ0v) is 16.0. The lowest BCUT2D eigenvalue weighted by atomic mass is 10.1. The fourth-order valence-electron chi connectivity index (χ4n) is 3.67. The van der Waals surface area contributed by atoms with E-state index in [1.807, 2.05) is 30.3 Å². The second-order valence-electron chi connectivity index (χ2n) is 7.21.